The number of ether oxygens (including phenoxy) is 1. The summed E-state index contributed by atoms with van der Waals surface area (Å²) < 4.78 is 5.20. The summed E-state index contributed by atoms with van der Waals surface area (Å²) in [5.74, 6) is -2.17. The Balaban J connectivity index is 1.19. The van der Waals surface area contributed by atoms with E-state index in [4.69, 9.17) is 4.74 Å². The van der Waals surface area contributed by atoms with Gasteiger partial charge in [0.25, 0.3) is 29.5 Å². The number of carbonyl (C=O) groups excluding carboxylic acids is 5. The van der Waals surface area contributed by atoms with Crippen LogP contribution in [0.2, 0.25) is 0 Å². The summed E-state index contributed by atoms with van der Waals surface area (Å²) in [5.41, 5.74) is 2.30. The number of rotatable bonds is 10. The number of β-amino-alcohol motifs (C(OH)–C–C–N with tert-alkyl or cyclic N) is 2. The summed E-state index contributed by atoms with van der Waals surface area (Å²) >= 11 is 0. The molecule has 0 bridgehead atoms. The van der Waals surface area contributed by atoms with E-state index in [0.717, 1.165) is 9.80 Å². The lowest BCUT2D eigenvalue weighted by atomic mass is 10.1. The Morgan fingerprint density at radius 3 is 1.50 bits per heavy atom. The molecule has 0 saturated carbocycles. The Hall–Kier alpha value is -4.91. The second kappa shape index (κ2) is 12.0. The molecule has 6 rings (SSSR count). The van der Waals surface area contributed by atoms with E-state index in [2.05, 4.69) is 0 Å². The van der Waals surface area contributed by atoms with Crippen LogP contribution in [0.3, 0.4) is 0 Å². The maximum atomic E-state index is 12.9. The quantitative estimate of drug-likeness (QED) is 0.328. The van der Waals surface area contributed by atoms with Crippen molar-refractivity contribution in [1.29, 1.82) is 0 Å². The Kier molecular flexibility index (Phi) is 7.95. The molecule has 2 N–H and O–H groups in total. The summed E-state index contributed by atoms with van der Waals surface area (Å²) in [6.07, 6.45) is -2.41. The van der Waals surface area contributed by atoms with Crippen LogP contribution in [0.25, 0.3) is 0 Å². The van der Waals surface area contributed by atoms with Gasteiger partial charge in [0.2, 0.25) is 0 Å². The molecule has 0 spiro atoms. The molecule has 12 nitrogen and oxygen atoms in total. The van der Waals surface area contributed by atoms with Crippen molar-refractivity contribution in [1.82, 2.24) is 9.80 Å². The van der Waals surface area contributed by atoms with Crippen LogP contribution in [0.5, 0.6) is 0 Å². The minimum absolute atomic E-state index is 0.0120. The van der Waals surface area contributed by atoms with Crippen LogP contribution in [0.4, 0.5) is 11.4 Å². The minimum atomic E-state index is -1.20. The number of amides is 5. The zero-order valence-electron chi connectivity index (χ0n) is 23.7. The lowest BCUT2D eigenvalue weighted by Crippen LogP contribution is -2.47. The maximum absolute atomic E-state index is 12.9. The van der Waals surface area contributed by atoms with Crippen molar-refractivity contribution in [3.8, 4) is 0 Å². The molecule has 3 aliphatic rings. The molecule has 1 fully saturated rings. The zero-order chi connectivity index (χ0) is 31.0. The number of carbonyl (C=O) groups is 5. The first-order valence-corrected chi connectivity index (χ1v) is 14.2. The van der Waals surface area contributed by atoms with Gasteiger partial charge in [-0.2, -0.15) is 0 Å². The number of hydrogen-bond acceptors (Lipinski definition) is 9. The number of hydrogen-bond donors (Lipinski definition) is 2. The van der Waals surface area contributed by atoms with Gasteiger partial charge in [0.05, 0.1) is 54.2 Å². The van der Waals surface area contributed by atoms with Gasteiger partial charge >= 0.3 is 0 Å². The molecule has 44 heavy (non-hydrogen) atoms. The largest absolute Gasteiger partial charge is 0.389 e. The van der Waals surface area contributed by atoms with Crippen molar-refractivity contribution < 1.29 is 38.9 Å². The molecule has 3 aromatic carbocycles. The normalized spacial score (nSPS) is 17.7. The molecule has 0 radical (unpaired) electrons. The molecule has 0 aromatic heterocycles. The van der Waals surface area contributed by atoms with Crippen molar-refractivity contribution in [2.24, 2.45) is 0 Å². The highest BCUT2D eigenvalue weighted by Gasteiger charge is 2.38. The summed E-state index contributed by atoms with van der Waals surface area (Å²) in [6.45, 7) is 0.0512. The highest BCUT2D eigenvalue weighted by Crippen LogP contribution is 2.26. The number of nitrogens with zero attached hydrogens (tertiary/aromatic N) is 4. The molecule has 3 aromatic rings. The zero-order valence-corrected chi connectivity index (χ0v) is 23.7. The third kappa shape index (κ3) is 5.46. The van der Waals surface area contributed by atoms with Crippen LogP contribution in [-0.4, -0.2) is 108 Å². The molecular formula is C32H30N4O8. The van der Waals surface area contributed by atoms with Gasteiger partial charge in [-0.15, -0.1) is 0 Å². The van der Waals surface area contributed by atoms with Crippen LogP contribution in [0.1, 0.15) is 41.4 Å². The molecule has 5 amide bonds. The number of anilines is 2. The van der Waals surface area contributed by atoms with Crippen LogP contribution >= 0.6 is 0 Å². The summed E-state index contributed by atoms with van der Waals surface area (Å²) in [7, 11) is 0. The molecule has 226 valence electrons. The van der Waals surface area contributed by atoms with Crippen molar-refractivity contribution in [2.75, 3.05) is 55.7 Å². The highest BCUT2D eigenvalue weighted by atomic mass is 16.5. The third-order valence-corrected chi connectivity index (χ3v) is 7.92. The van der Waals surface area contributed by atoms with E-state index in [1.165, 1.54) is 0 Å². The van der Waals surface area contributed by atoms with Crippen molar-refractivity contribution in [3.63, 3.8) is 0 Å². The van der Waals surface area contributed by atoms with Gasteiger partial charge in [0, 0.05) is 31.0 Å². The van der Waals surface area contributed by atoms with Gasteiger partial charge in [0.1, 0.15) is 6.61 Å². The first-order valence-electron chi connectivity index (χ1n) is 14.2. The van der Waals surface area contributed by atoms with E-state index in [1.807, 2.05) is 0 Å². The number of benzene rings is 3. The lowest BCUT2D eigenvalue weighted by molar-refractivity contribution is -0.125. The average molecular weight is 599 g/mol. The molecular weight excluding hydrogens is 568 g/mol. The number of imide groups is 2. The smallest absolute Gasteiger partial charge is 0.261 e. The Morgan fingerprint density at radius 2 is 1.09 bits per heavy atom. The molecule has 3 aliphatic heterocycles. The summed E-state index contributed by atoms with van der Waals surface area (Å²) in [5, 5.41) is 22.2. The highest BCUT2D eigenvalue weighted by molar-refractivity contribution is 6.22. The van der Waals surface area contributed by atoms with Gasteiger partial charge in [-0.3, -0.25) is 33.8 Å². The van der Waals surface area contributed by atoms with E-state index >= 15 is 0 Å². The van der Waals surface area contributed by atoms with Gasteiger partial charge in [0.15, 0.2) is 0 Å². The van der Waals surface area contributed by atoms with E-state index in [0.29, 0.717) is 24.5 Å². The molecule has 3 heterocycles. The number of morpholine rings is 1. The standard InChI is InChI=1S/C32H30N4O8/c37-22(17-35-29(40)24-5-1-2-6-25(24)30(35)41)15-33(20-9-11-21(12-10-20)34-13-14-44-19-28(34)39)16-23(38)18-36-31(42)26-7-3-4-8-27(26)32(36)43/h1-12,22-23,37-38H,13-19H2/t22-,23-/m1/s1. The second-order valence-corrected chi connectivity index (χ2v) is 10.9. The van der Waals surface area contributed by atoms with E-state index in [9.17, 15) is 34.2 Å². The van der Waals surface area contributed by atoms with Crippen molar-refractivity contribution in [2.45, 2.75) is 12.2 Å². The molecule has 12 heteroatoms. The van der Waals surface area contributed by atoms with Crippen molar-refractivity contribution >= 4 is 40.9 Å². The lowest BCUT2D eigenvalue weighted by Gasteiger charge is -2.32. The molecule has 0 aliphatic carbocycles. The van der Waals surface area contributed by atoms with Gasteiger partial charge < -0.3 is 24.7 Å². The predicted octanol–water partition coefficient (Wildman–Crippen LogP) is 1.17. The SMILES string of the molecule is O=C1c2ccccc2C(=O)N1C[C@H](O)CN(C[C@@H](O)CN1C(=O)c2ccccc2C1=O)c1ccc(N2CCOCC2=O)cc1. The van der Waals surface area contributed by atoms with E-state index < -0.39 is 35.8 Å². The predicted molar refractivity (Wildman–Crippen MR) is 157 cm³/mol. The summed E-state index contributed by atoms with van der Waals surface area (Å²) in [4.78, 5) is 69.0. The fraction of sp³-hybridized carbons (Fsp3) is 0.281. The van der Waals surface area contributed by atoms with Crippen LogP contribution in [0.15, 0.2) is 72.8 Å². The first-order chi connectivity index (χ1) is 21.2. The molecule has 0 unspecified atom stereocenters. The minimum Gasteiger partial charge on any atom is -0.389 e. The average Bonchev–Trinajstić information content (AvgIpc) is 3.41. The maximum Gasteiger partial charge on any atom is 0.261 e. The Labute approximate surface area is 252 Å². The van der Waals surface area contributed by atoms with Crippen LogP contribution < -0.4 is 9.80 Å². The Morgan fingerprint density at radius 1 is 0.659 bits per heavy atom. The van der Waals surface area contributed by atoms with Crippen LogP contribution in [0, 0.1) is 0 Å². The topological polar surface area (TPSA) is 148 Å². The number of aliphatic hydroxyl groups excluding tert-OH is 2. The van der Waals surface area contributed by atoms with Crippen LogP contribution in [-0.2, 0) is 9.53 Å². The third-order valence-electron chi connectivity index (χ3n) is 7.92. The van der Waals surface area contributed by atoms with E-state index in [1.54, 1.807) is 82.6 Å². The van der Waals surface area contributed by atoms with Gasteiger partial charge in [-0.1, -0.05) is 24.3 Å². The monoisotopic (exact) mass is 598 g/mol. The van der Waals surface area contributed by atoms with E-state index in [-0.39, 0.29) is 60.9 Å². The Bertz CT molecular complexity index is 1490. The molecule has 2 atom stereocenters. The van der Waals surface area contributed by atoms with Crippen molar-refractivity contribution in [3.05, 3.63) is 95.1 Å². The van der Waals surface area contributed by atoms with Gasteiger partial charge in [-0.25, -0.2) is 0 Å². The number of fused-ring (bicyclic) bond motifs is 2. The first kappa shape index (κ1) is 29.2. The number of aliphatic hydroxyl groups is 2. The van der Waals surface area contributed by atoms with Gasteiger partial charge in [-0.05, 0) is 48.5 Å². The summed E-state index contributed by atoms with van der Waals surface area (Å²) in [6, 6.07) is 19.8. The molecule has 1 saturated heterocycles. The fourth-order valence-electron chi connectivity index (χ4n) is 5.78. The fourth-order valence-corrected chi connectivity index (χ4v) is 5.78. The second-order valence-electron chi connectivity index (χ2n) is 10.9.